The van der Waals surface area contributed by atoms with Crippen LogP contribution in [-0.2, 0) is 6.42 Å². The number of hydrazine groups is 1. The third-order valence-corrected chi connectivity index (χ3v) is 6.52. The summed E-state index contributed by atoms with van der Waals surface area (Å²) in [7, 11) is 1.77. The number of methoxy groups -OCH3 is 1. The van der Waals surface area contributed by atoms with Gasteiger partial charge in [-0.15, -0.1) is 0 Å². The quantitative estimate of drug-likeness (QED) is 0.745. The lowest BCUT2D eigenvalue weighted by Gasteiger charge is -2.36. The van der Waals surface area contributed by atoms with E-state index in [-0.39, 0.29) is 0 Å². The molecule has 1 N–H and O–H groups in total. The van der Waals surface area contributed by atoms with Crippen LogP contribution < -0.4 is 15.1 Å². The second-order valence-corrected chi connectivity index (χ2v) is 8.73. The van der Waals surface area contributed by atoms with Crippen LogP contribution in [0.3, 0.4) is 0 Å². The molecular weight excluding hydrogens is 372 g/mol. The average molecular weight is 409 g/mol. The molecule has 5 heteroatoms. The Morgan fingerprint density at radius 2 is 1.67 bits per heavy atom. The van der Waals surface area contributed by atoms with E-state index in [9.17, 15) is 0 Å². The topological polar surface area (TPSA) is 31.0 Å². The van der Waals surface area contributed by atoms with Gasteiger partial charge in [-0.05, 0) is 48.9 Å². The van der Waals surface area contributed by atoms with Gasteiger partial charge in [0.1, 0.15) is 5.75 Å². The van der Waals surface area contributed by atoms with Crippen molar-refractivity contribution in [3.63, 3.8) is 0 Å². The first-order chi connectivity index (χ1) is 14.7. The standard InChI is InChI=1S/C25H36N4O/c1-21-10-14-28(15-11-21)24-20-23(8-9-25(24)30-2)26-29-18-16-27(17-19-29)13-12-22-6-4-3-5-7-22/h3-9,20-21,26H,10-19H2,1-2H3. The Bertz CT molecular complexity index is 781. The van der Waals surface area contributed by atoms with Crippen molar-refractivity contribution < 1.29 is 4.74 Å². The average Bonchev–Trinajstić information content (AvgIpc) is 2.80. The van der Waals surface area contributed by atoms with E-state index in [1.807, 2.05) is 0 Å². The first-order valence-electron chi connectivity index (χ1n) is 11.4. The molecule has 2 aromatic rings. The summed E-state index contributed by atoms with van der Waals surface area (Å²) in [5.74, 6) is 1.80. The van der Waals surface area contributed by atoms with E-state index in [0.717, 1.165) is 69.6 Å². The first-order valence-corrected chi connectivity index (χ1v) is 11.4. The Morgan fingerprint density at radius 1 is 0.933 bits per heavy atom. The van der Waals surface area contributed by atoms with Gasteiger partial charge in [0, 0.05) is 45.8 Å². The summed E-state index contributed by atoms with van der Waals surface area (Å²) in [6.07, 6.45) is 3.64. The summed E-state index contributed by atoms with van der Waals surface area (Å²) < 4.78 is 5.66. The molecule has 0 radical (unpaired) electrons. The number of rotatable bonds is 7. The summed E-state index contributed by atoms with van der Waals surface area (Å²) in [5.41, 5.74) is 7.44. The maximum Gasteiger partial charge on any atom is 0.142 e. The Morgan fingerprint density at radius 3 is 2.37 bits per heavy atom. The van der Waals surface area contributed by atoms with Crippen LogP contribution in [0.4, 0.5) is 11.4 Å². The third-order valence-electron chi connectivity index (χ3n) is 6.52. The van der Waals surface area contributed by atoms with Crippen LogP contribution in [0.2, 0.25) is 0 Å². The second kappa shape index (κ2) is 10.2. The molecule has 2 aromatic carbocycles. The van der Waals surface area contributed by atoms with Crippen molar-refractivity contribution in [1.82, 2.24) is 9.91 Å². The van der Waals surface area contributed by atoms with Crippen molar-refractivity contribution in [3.05, 3.63) is 54.1 Å². The monoisotopic (exact) mass is 408 g/mol. The van der Waals surface area contributed by atoms with Gasteiger partial charge in [-0.3, -0.25) is 0 Å². The minimum Gasteiger partial charge on any atom is -0.495 e. The largest absolute Gasteiger partial charge is 0.495 e. The molecule has 30 heavy (non-hydrogen) atoms. The van der Waals surface area contributed by atoms with Gasteiger partial charge in [-0.1, -0.05) is 37.3 Å². The second-order valence-electron chi connectivity index (χ2n) is 8.73. The smallest absolute Gasteiger partial charge is 0.142 e. The van der Waals surface area contributed by atoms with E-state index >= 15 is 0 Å². The van der Waals surface area contributed by atoms with Crippen molar-refractivity contribution in [1.29, 1.82) is 0 Å². The van der Waals surface area contributed by atoms with Crippen molar-refractivity contribution in [2.45, 2.75) is 26.2 Å². The summed E-state index contributed by atoms with van der Waals surface area (Å²) in [5, 5.41) is 2.35. The fourth-order valence-corrected chi connectivity index (χ4v) is 4.45. The highest BCUT2D eigenvalue weighted by atomic mass is 16.5. The highest BCUT2D eigenvalue weighted by Crippen LogP contribution is 2.34. The Labute approximate surface area is 181 Å². The molecule has 2 heterocycles. The van der Waals surface area contributed by atoms with E-state index in [1.165, 1.54) is 24.1 Å². The van der Waals surface area contributed by atoms with Gasteiger partial charge in [0.25, 0.3) is 0 Å². The molecule has 0 aliphatic carbocycles. The normalized spacial score (nSPS) is 19.1. The van der Waals surface area contributed by atoms with Crippen LogP contribution in [-0.4, -0.2) is 62.8 Å². The molecule has 0 amide bonds. The van der Waals surface area contributed by atoms with Crippen LogP contribution in [0.15, 0.2) is 48.5 Å². The Balaban J connectivity index is 1.30. The van der Waals surface area contributed by atoms with Crippen LogP contribution in [0.5, 0.6) is 5.75 Å². The van der Waals surface area contributed by atoms with Gasteiger partial charge in [-0.25, -0.2) is 5.01 Å². The predicted octanol–water partition coefficient (Wildman–Crippen LogP) is 4.12. The molecule has 0 spiro atoms. The van der Waals surface area contributed by atoms with Crippen molar-refractivity contribution in [3.8, 4) is 5.75 Å². The zero-order valence-corrected chi connectivity index (χ0v) is 18.5. The van der Waals surface area contributed by atoms with Gasteiger partial charge in [0.15, 0.2) is 0 Å². The van der Waals surface area contributed by atoms with Crippen molar-refractivity contribution in [2.24, 2.45) is 5.92 Å². The molecule has 2 aliphatic rings. The third kappa shape index (κ3) is 5.46. The molecule has 2 saturated heterocycles. The molecule has 0 bridgehead atoms. The number of anilines is 2. The fraction of sp³-hybridized carbons (Fsp3) is 0.520. The summed E-state index contributed by atoms with van der Waals surface area (Å²) in [4.78, 5) is 5.05. The number of ether oxygens (including phenoxy) is 1. The molecular formula is C25H36N4O. The summed E-state index contributed by atoms with van der Waals surface area (Å²) in [6.45, 7) is 10.0. The first kappa shape index (κ1) is 21.0. The number of nitrogens with zero attached hydrogens (tertiary/aromatic N) is 3. The highest BCUT2D eigenvalue weighted by molar-refractivity contribution is 5.66. The fourth-order valence-electron chi connectivity index (χ4n) is 4.45. The molecule has 0 saturated carbocycles. The zero-order valence-electron chi connectivity index (χ0n) is 18.5. The van der Waals surface area contributed by atoms with Crippen LogP contribution >= 0.6 is 0 Å². The minimum atomic E-state index is 0.826. The molecule has 2 fully saturated rings. The molecule has 162 valence electrons. The molecule has 4 rings (SSSR count). The van der Waals surface area contributed by atoms with E-state index in [2.05, 4.69) is 75.7 Å². The molecule has 5 nitrogen and oxygen atoms in total. The maximum absolute atomic E-state index is 5.66. The summed E-state index contributed by atoms with van der Waals surface area (Å²) in [6, 6.07) is 17.3. The highest BCUT2D eigenvalue weighted by Gasteiger charge is 2.21. The number of nitrogens with one attached hydrogen (secondary N) is 1. The number of benzene rings is 2. The molecule has 0 atom stereocenters. The lowest BCUT2D eigenvalue weighted by atomic mass is 9.98. The van der Waals surface area contributed by atoms with Crippen molar-refractivity contribution >= 4 is 11.4 Å². The number of piperidine rings is 1. The predicted molar refractivity (Wildman–Crippen MR) is 125 cm³/mol. The number of hydrogen-bond donors (Lipinski definition) is 1. The Hall–Kier alpha value is -2.24. The van der Waals surface area contributed by atoms with E-state index in [0.29, 0.717) is 0 Å². The number of hydrogen-bond acceptors (Lipinski definition) is 5. The van der Waals surface area contributed by atoms with Gasteiger partial charge < -0.3 is 20.0 Å². The Kier molecular flexibility index (Phi) is 7.13. The lowest BCUT2D eigenvalue weighted by molar-refractivity contribution is 0.154. The van der Waals surface area contributed by atoms with Crippen LogP contribution in [0.25, 0.3) is 0 Å². The van der Waals surface area contributed by atoms with Gasteiger partial charge in [-0.2, -0.15) is 0 Å². The van der Waals surface area contributed by atoms with E-state index in [4.69, 9.17) is 4.74 Å². The van der Waals surface area contributed by atoms with Gasteiger partial charge >= 0.3 is 0 Å². The van der Waals surface area contributed by atoms with E-state index in [1.54, 1.807) is 7.11 Å². The molecule has 0 unspecified atom stereocenters. The molecule has 0 aromatic heterocycles. The van der Waals surface area contributed by atoms with Crippen molar-refractivity contribution in [2.75, 3.05) is 63.2 Å². The zero-order chi connectivity index (χ0) is 20.8. The number of piperazine rings is 1. The van der Waals surface area contributed by atoms with Crippen LogP contribution in [0.1, 0.15) is 25.3 Å². The van der Waals surface area contributed by atoms with Crippen LogP contribution in [0, 0.1) is 5.92 Å². The molecule has 2 aliphatic heterocycles. The maximum atomic E-state index is 5.66. The lowest BCUT2D eigenvalue weighted by Crippen LogP contribution is -2.49. The summed E-state index contributed by atoms with van der Waals surface area (Å²) >= 11 is 0. The minimum absolute atomic E-state index is 0.826. The van der Waals surface area contributed by atoms with Gasteiger partial charge in [0.2, 0.25) is 0 Å². The SMILES string of the molecule is COc1ccc(NN2CCN(CCc3ccccc3)CC2)cc1N1CCC(C)CC1. The van der Waals surface area contributed by atoms with E-state index < -0.39 is 0 Å². The van der Waals surface area contributed by atoms with Gasteiger partial charge in [0.05, 0.1) is 18.5 Å².